The third kappa shape index (κ3) is 3.12. The van der Waals surface area contributed by atoms with Crippen LogP contribution in [0.4, 0.5) is 0 Å². The SMILES string of the molecule is O=Cc1cc(Br)ccc1OCc1ccccc1Cl. The van der Waals surface area contributed by atoms with Gasteiger partial charge in [0.05, 0.1) is 5.56 Å². The van der Waals surface area contributed by atoms with Crippen molar-refractivity contribution in [1.82, 2.24) is 0 Å². The number of hydrogen-bond donors (Lipinski definition) is 0. The van der Waals surface area contributed by atoms with Gasteiger partial charge in [0.25, 0.3) is 0 Å². The van der Waals surface area contributed by atoms with E-state index in [9.17, 15) is 4.79 Å². The fourth-order valence-corrected chi connectivity index (χ4v) is 2.08. The number of carbonyl (C=O) groups excluding carboxylic acids is 1. The van der Waals surface area contributed by atoms with Gasteiger partial charge in [0.15, 0.2) is 6.29 Å². The Balaban J connectivity index is 2.16. The molecule has 0 amide bonds. The summed E-state index contributed by atoms with van der Waals surface area (Å²) in [6, 6.07) is 12.8. The standard InChI is InChI=1S/C14H10BrClO2/c15-12-5-6-14(11(7-12)8-17)18-9-10-3-1-2-4-13(10)16/h1-8H,9H2. The van der Waals surface area contributed by atoms with E-state index in [1.54, 1.807) is 12.1 Å². The van der Waals surface area contributed by atoms with Crippen molar-refractivity contribution in [2.45, 2.75) is 6.61 Å². The summed E-state index contributed by atoms with van der Waals surface area (Å²) in [6.07, 6.45) is 0.771. The predicted molar refractivity (Wildman–Crippen MR) is 75.3 cm³/mol. The lowest BCUT2D eigenvalue weighted by Crippen LogP contribution is -1.98. The molecule has 2 rings (SSSR count). The van der Waals surface area contributed by atoms with E-state index in [2.05, 4.69) is 15.9 Å². The summed E-state index contributed by atoms with van der Waals surface area (Å²) in [5.74, 6) is 0.549. The Morgan fingerprint density at radius 3 is 2.72 bits per heavy atom. The summed E-state index contributed by atoms with van der Waals surface area (Å²) >= 11 is 9.34. The van der Waals surface area contributed by atoms with Gasteiger partial charge in [-0.2, -0.15) is 0 Å². The highest BCUT2D eigenvalue weighted by Gasteiger charge is 2.05. The molecule has 0 aliphatic rings. The monoisotopic (exact) mass is 324 g/mol. The Kier molecular flexibility index (Phi) is 4.39. The summed E-state index contributed by atoms with van der Waals surface area (Å²) in [5, 5.41) is 0.655. The van der Waals surface area contributed by atoms with Crippen molar-refractivity contribution in [3.05, 3.63) is 63.1 Å². The minimum absolute atomic E-state index is 0.335. The highest BCUT2D eigenvalue weighted by Crippen LogP contribution is 2.24. The zero-order valence-electron chi connectivity index (χ0n) is 9.40. The van der Waals surface area contributed by atoms with E-state index in [0.29, 0.717) is 22.9 Å². The molecular formula is C14H10BrClO2. The van der Waals surface area contributed by atoms with Gasteiger partial charge in [-0.3, -0.25) is 4.79 Å². The molecule has 0 aliphatic heterocycles. The van der Waals surface area contributed by atoms with Gasteiger partial charge in [-0.1, -0.05) is 45.7 Å². The van der Waals surface area contributed by atoms with Crippen LogP contribution in [0.25, 0.3) is 0 Å². The van der Waals surface area contributed by atoms with Crippen LogP contribution in [0.1, 0.15) is 15.9 Å². The molecule has 0 N–H and O–H groups in total. The van der Waals surface area contributed by atoms with Gasteiger partial charge in [0, 0.05) is 15.1 Å². The molecule has 0 saturated heterocycles. The number of hydrogen-bond acceptors (Lipinski definition) is 2. The normalized spacial score (nSPS) is 10.1. The second-order valence-corrected chi connectivity index (χ2v) is 5.00. The molecule has 0 heterocycles. The van der Waals surface area contributed by atoms with Crippen LogP contribution in [0.3, 0.4) is 0 Å². The first-order valence-corrected chi connectivity index (χ1v) is 6.49. The van der Waals surface area contributed by atoms with Crippen molar-refractivity contribution in [1.29, 1.82) is 0 Å². The molecule has 2 aromatic carbocycles. The van der Waals surface area contributed by atoms with Crippen LogP contribution < -0.4 is 4.74 Å². The van der Waals surface area contributed by atoms with E-state index < -0.39 is 0 Å². The molecule has 0 spiro atoms. The molecular weight excluding hydrogens is 316 g/mol. The first-order chi connectivity index (χ1) is 8.70. The zero-order valence-corrected chi connectivity index (χ0v) is 11.7. The van der Waals surface area contributed by atoms with Crippen LogP contribution in [-0.4, -0.2) is 6.29 Å². The topological polar surface area (TPSA) is 26.3 Å². The second-order valence-electron chi connectivity index (χ2n) is 3.68. The van der Waals surface area contributed by atoms with E-state index in [1.807, 2.05) is 30.3 Å². The number of rotatable bonds is 4. The molecule has 0 saturated carbocycles. The molecule has 4 heteroatoms. The highest BCUT2D eigenvalue weighted by molar-refractivity contribution is 9.10. The first kappa shape index (κ1) is 13.1. The first-order valence-electron chi connectivity index (χ1n) is 5.31. The van der Waals surface area contributed by atoms with Crippen molar-refractivity contribution in [2.24, 2.45) is 0 Å². The molecule has 0 radical (unpaired) electrons. The number of ether oxygens (including phenoxy) is 1. The van der Waals surface area contributed by atoms with Crippen LogP contribution in [0.2, 0.25) is 5.02 Å². The highest BCUT2D eigenvalue weighted by atomic mass is 79.9. The van der Waals surface area contributed by atoms with Crippen molar-refractivity contribution in [2.75, 3.05) is 0 Å². The lowest BCUT2D eigenvalue weighted by molar-refractivity contribution is 0.111. The Morgan fingerprint density at radius 1 is 1.22 bits per heavy atom. The largest absolute Gasteiger partial charge is 0.488 e. The van der Waals surface area contributed by atoms with Gasteiger partial charge in [-0.05, 0) is 24.3 Å². The predicted octanol–water partition coefficient (Wildman–Crippen LogP) is 4.49. The molecule has 0 unspecified atom stereocenters. The Bertz CT molecular complexity index is 569. The van der Waals surface area contributed by atoms with Crippen LogP contribution in [0, 0.1) is 0 Å². The second kappa shape index (κ2) is 6.03. The van der Waals surface area contributed by atoms with E-state index >= 15 is 0 Å². The number of halogens is 2. The molecule has 18 heavy (non-hydrogen) atoms. The van der Waals surface area contributed by atoms with Crippen LogP contribution in [-0.2, 0) is 6.61 Å². The third-order valence-corrected chi connectivity index (χ3v) is 3.30. The van der Waals surface area contributed by atoms with Gasteiger partial charge >= 0.3 is 0 Å². The number of aldehydes is 1. The quantitative estimate of drug-likeness (QED) is 0.774. The molecule has 0 fully saturated rings. The molecule has 2 aromatic rings. The van der Waals surface area contributed by atoms with Crippen molar-refractivity contribution >= 4 is 33.8 Å². The van der Waals surface area contributed by atoms with E-state index in [-0.39, 0.29) is 0 Å². The van der Waals surface area contributed by atoms with Crippen molar-refractivity contribution < 1.29 is 9.53 Å². The molecule has 0 aromatic heterocycles. The van der Waals surface area contributed by atoms with Gasteiger partial charge < -0.3 is 4.74 Å². The zero-order chi connectivity index (χ0) is 13.0. The maximum Gasteiger partial charge on any atom is 0.153 e. The Hall–Kier alpha value is -1.32. The van der Waals surface area contributed by atoms with Gasteiger partial charge in [0.2, 0.25) is 0 Å². The Morgan fingerprint density at radius 2 is 2.00 bits per heavy atom. The molecule has 92 valence electrons. The van der Waals surface area contributed by atoms with E-state index in [1.165, 1.54) is 0 Å². The fraction of sp³-hybridized carbons (Fsp3) is 0.0714. The van der Waals surface area contributed by atoms with Crippen LogP contribution in [0.15, 0.2) is 46.9 Å². The van der Waals surface area contributed by atoms with Crippen molar-refractivity contribution in [3.63, 3.8) is 0 Å². The summed E-state index contributed by atoms with van der Waals surface area (Å²) in [5.41, 5.74) is 1.40. The van der Waals surface area contributed by atoms with Crippen molar-refractivity contribution in [3.8, 4) is 5.75 Å². The van der Waals surface area contributed by atoms with E-state index in [0.717, 1.165) is 16.3 Å². The smallest absolute Gasteiger partial charge is 0.153 e. The minimum Gasteiger partial charge on any atom is -0.488 e. The number of benzene rings is 2. The maximum atomic E-state index is 10.9. The van der Waals surface area contributed by atoms with Crippen LogP contribution >= 0.6 is 27.5 Å². The van der Waals surface area contributed by atoms with Gasteiger partial charge in [0.1, 0.15) is 12.4 Å². The summed E-state index contributed by atoms with van der Waals surface area (Å²) in [7, 11) is 0. The summed E-state index contributed by atoms with van der Waals surface area (Å²) in [4.78, 5) is 10.9. The van der Waals surface area contributed by atoms with Crippen LogP contribution in [0.5, 0.6) is 5.75 Å². The number of carbonyl (C=O) groups is 1. The molecule has 0 bridgehead atoms. The third-order valence-electron chi connectivity index (χ3n) is 2.44. The lowest BCUT2D eigenvalue weighted by atomic mass is 10.2. The minimum atomic E-state index is 0.335. The van der Waals surface area contributed by atoms with Gasteiger partial charge in [-0.15, -0.1) is 0 Å². The average molecular weight is 326 g/mol. The summed E-state index contributed by atoms with van der Waals surface area (Å²) in [6.45, 7) is 0.335. The lowest BCUT2D eigenvalue weighted by Gasteiger charge is -2.09. The molecule has 0 aliphatic carbocycles. The molecule has 0 atom stereocenters. The molecule has 2 nitrogen and oxygen atoms in total. The Labute approximate surface area is 119 Å². The fourth-order valence-electron chi connectivity index (χ4n) is 1.51. The van der Waals surface area contributed by atoms with Gasteiger partial charge in [-0.25, -0.2) is 0 Å². The average Bonchev–Trinajstić information content (AvgIpc) is 2.39. The van der Waals surface area contributed by atoms with E-state index in [4.69, 9.17) is 16.3 Å². The maximum absolute atomic E-state index is 10.9. The summed E-state index contributed by atoms with van der Waals surface area (Å²) < 4.78 is 6.46.